The van der Waals surface area contributed by atoms with Crippen LogP contribution in [-0.2, 0) is 9.59 Å². The van der Waals surface area contributed by atoms with Gasteiger partial charge in [0.15, 0.2) is 0 Å². The van der Waals surface area contributed by atoms with Crippen molar-refractivity contribution in [1.82, 2.24) is 4.90 Å². The number of anilines is 1. The number of para-hydroxylation sites is 1. The molecule has 0 aliphatic heterocycles. The first-order valence-corrected chi connectivity index (χ1v) is 10.0. The second-order valence-electron chi connectivity index (χ2n) is 5.98. The third-order valence-corrected chi connectivity index (χ3v) is 4.96. The van der Waals surface area contributed by atoms with Crippen LogP contribution in [0.4, 0.5) is 5.69 Å². The fourth-order valence-electron chi connectivity index (χ4n) is 2.21. The Labute approximate surface area is 169 Å². The van der Waals surface area contributed by atoms with Gasteiger partial charge in [-0.25, -0.2) is 0 Å². The van der Waals surface area contributed by atoms with Crippen LogP contribution in [0, 0.1) is 6.92 Å². The number of hydrogen-bond donors (Lipinski definition) is 1. The van der Waals surface area contributed by atoms with Crippen LogP contribution in [0.15, 0.2) is 48.5 Å². The molecule has 144 valence electrons. The molecule has 0 aromatic heterocycles. The number of benzene rings is 2. The average molecular weight is 407 g/mol. The van der Waals surface area contributed by atoms with Crippen molar-refractivity contribution in [2.24, 2.45) is 0 Å². The highest BCUT2D eigenvalue weighted by Crippen LogP contribution is 2.16. The van der Waals surface area contributed by atoms with Crippen LogP contribution < -0.4 is 10.1 Å². The largest absolute Gasteiger partial charge is 0.491 e. The number of likely N-dealkylation sites (N-methyl/N-ethyl adjacent to an activating group) is 1. The number of nitrogens with zero attached hydrogens (tertiary/aromatic N) is 1. The van der Waals surface area contributed by atoms with E-state index in [2.05, 4.69) is 5.32 Å². The van der Waals surface area contributed by atoms with Gasteiger partial charge in [0.2, 0.25) is 11.8 Å². The maximum absolute atomic E-state index is 12.1. The van der Waals surface area contributed by atoms with Crippen molar-refractivity contribution in [2.45, 2.75) is 6.92 Å². The molecular weight excluding hydrogens is 384 g/mol. The van der Waals surface area contributed by atoms with Crippen LogP contribution in [0.25, 0.3) is 0 Å². The monoisotopic (exact) mass is 406 g/mol. The molecule has 0 spiro atoms. The SMILES string of the molecule is Cc1ccccc1OCCN(C)C(=O)CSCC(=O)Nc1ccc(Cl)cc1. The number of nitrogens with one attached hydrogen (secondary N) is 1. The number of hydrogen-bond acceptors (Lipinski definition) is 4. The fourth-order valence-corrected chi connectivity index (χ4v) is 3.09. The Morgan fingerprint density at radius 3 is 2.52 bits per heavy atom. The molecule has 0 fully saturated rings. The summed E-state index contributed by atoms with van der Waals surface area (Å²) in [7, 11) is 1.73. The molecule has 2 aromatic rings. The van der Waals surface area contributed by atoms with Crippen molar-refractivity contribution < 1.29 is 14.3 Å². The first-order chi connectivity index (χ1) is 13.0. The van der Waals surface area contributed by atoms with Crippen LogP contribution in [0.2, 0.25) is 5.02 Å². The van der Waals surface area contributed by atoms with E-state index < -0.39 is 0 Å². The van der Waals surface area contributed by atoms with E-state index in [1.165, 1.54) is 11.8 Å². The Hall–Kier alpha value is -2.18. The standard InChI is InChI=1S/C20H23ClN2O3S/c1-15-5-3-4-6-18(15)26-12-11-23(2)20(25)14-27-13-19(24)22-17-9-7-16(21)8-10-17/h3-10H,11-14H2,1-2H3,(H,22,24). The normalized spacial score (nSPS) is 10.3. The van der Waals surface area contributed by atoms with E-state index in [0.717, 1.165) is 11.3 Å². The molecule has 2 rings (SSSR count). The highest BCUT2D eigenvalue weighted by atomic mass is 35.5. The Balaban J connectivity index is 1.63. The summed E-state index contributed by atoms with van der Waals surface area (Å²) in [5.41, 5.74) is 1.75. The topological polar surface area (TPSA) is 58.6 Å². The van der Waals surface area contributed by atoms with E-state index in [-0.39, 0.29) is 23.3 Å². The van der Waals surface area contributed by atoms with Gasteiger partial charge in [0.05, 0.1) is 18.1 Å². The van der Waals surface area contributed by atoms with Crippen molar-refractivity contribution in [3.05, 3.63) is 59.1 Å². The third kappa shape index (κ3) is 7.53. The molecule has 7 heteroatoms. The van der Waals surface area contributed by atoms with E-state index >= 15 is 0 Å². The molecule has 0 aliphatic carbocycles. The molecular formula is C20H23ClN2O3S. The maximum atomic E-state index is 12.1. The molecule has 0 aliphatic rings. The first kappa shape index (κ1) is 21.1. The summed E-state index contributed by atoms with van der Waals surface area (Å²) < 4.78 is 5.70. The number of thioether (sulfide) groups is 1. The van der Waals surface area contributed by atoms with Crippen molar-refractivity contribution in [1.29, 1.82) is 0 Å². The van der Waals surface area contributed by atoms with Gasteiger partial charge in [-0.1, -0.05) is 29.8 Å². The molecule has 0 saturated heterocycles. The quantitative estimate of drug-likeness (QED) is 0.687. The zero-order valence-electron chi connectivity index (χ0n) is 15.4. The average Bonchev–Trinajstić information content (AvgIpc) is 2.65. The van der Waals surface area contributed by atoms with Gasteiger partial charge < -0.3 is 15.0 Å². The molecule has 5 nitrogen and oxygen atoms in total. The maximum Gasteiger partial charge on any atom is 0.234 e. The molecule has 1 N–H and O–H groups in total. The Morgan fingerprint density at radius 1 is 1.11 bits per heavy atom. The summed E-state index contributed by atoms with van der Waals surface area (Å²) in [6.45, 7) is 2.90. The number of aryl methyl sites for hydroxylation is 1. The van der Waals surface area contributed by atoms with E-state index in [1.807, 2.05) is 31.2 Å². The minimum Gasteiger partial charge on any atom is -0.491 e. The van der Waals surface area contributed by atoms with Crippen LogP contribution >= 0.6 is 23.4 Å². The van der Waals surface area contributed by atoms with Crippen molar-refractivity contribution >= 4 is 40.9 Å². The Morgan fingerprint density at radius 2 is 1.81 bits per heavy atom. The van der Waals surface area contributed by atoms with E-state index in [4.69, 9.17) is 16.3 Å². The second kappa shape index (κ2) is 10.8. The molecule has 0 unspecified atom stereocenters. The lowest BCUT2D eigenvalue weighted by Crippen LogP contribution is -2.32. The summed E-state index contributed by atoms with van der Waals surface area (Å²) in [6, 6.07) is 14.7. The van der Waals surface area contributed by atoms with Crippen LogP contribution in [0.1, 0.15) is 5.56 Å². The van der Waals surface area contributed by atoms with Gasteiger partial charge in [0.1, 0.15) is 12.4 Å². The van der Waals surface area contributed by atoms with Crippen molar-refractivity contribution in [3.8, 4) is 5.75 Å². The lowest BCUT2D eigenvalue weighted by molar-refractivity contribution is -0.127. The van der Waals surface area contributed by atoms with Gasteiger partial charge >= 0.3 is 0 Å². The van der Waals surface area contributed by atoms with Gasteiger partial charge in [0.25, 0.3) is 0 Å². The summed E-state index contributed by atoms with van der Waals surface area (Å²) in [6.07, 6.45) is 0. The van der Waals surface area contributed by atoms with Crippen molar-refractivity contribution in [3.63, 3.8) is 0 Å². The third-order valence-electron chi connectivity index (χ3n) is 3.79. The highest BCUT2D eigenvalue weighted by Gasteiger charge is 2.11. The first-order valence-electron chi connectivity index (χ1n) is 8.51. The van der Waals surface area contributed by atoms with Gasteiger partial charge in [-0.2, -0.15) is 0 Å². The smallest absolute Gasteiger partial charge is 0.234 e. The zero-order chi connectivity index (χ0) is 19.6. The van der Waals surface area contributed by atoms with Crippen LogP contribution in [-0.4, -0.2) is 48.4 Å². The molecule has 2 amide bonds. The Bertz CT molecular complexity index is 768. The number of carbonyl (C=O) groups excluding carboxylic acids is 2. The molecule has 0 saturated carbocycles. The molecule has 27 heavy (non-hydrogen) atoms. The van der Waals surface area contributed by atoms with Crippen LogP contribution in [0.5, 0.6) is 5.75 Å². The minimum absolute atomic E-state index is 0.0346. The predicted molar refractivity (Wildman–Crippen MR) is 112 cm³/mol. The number of amides is 2. The number of rotatable bonds is 9. The fraction of sp³-hybridized carbons (Fsp3) is 0.300. The molecule has 0 heterocycles. The molecule has 0 atom stereocenters. The molecule has 0 bridgehead atoms. The lowest BCUT2D eigenvalue weighted by Gasteiger charge is -2.18. The number of ether oxygens (including phenoxy) is 1. The van der Waals surface area contributed by atoms with E-state index in [1.54, 1.807) is 36.2 Å². The van der Waals surface area contributed by atoms with Gasteiger partial charge in [-0.05, 0) is 42.8 Å². The van der Waals surface area contributed by atoms with E-state index in [0.29, 0.717) is 23.9 Å². The number of carbonyl (C=O) groups is 2. The van der Waals surface area contributed by atoms with Crippen LogP contribution in [0.3, 0.4) is 0 Å². The van der Waals surface area contributed by atoms with Gasteiger partial charge in [0, 0.05) is 17.8 Å². The number of halogens is 1. The lowest BCUT2D eigenvalue weighted by atomic mass is 10.2. The van der Waals surface area contributed by atoms with E-state index in [9.17, 15) is 9.59 Å². The van der Waals surface area contributed by atoms with Gasteiger partial charge in [-0.15, -0.1) is 11.8 Å². The van der Waals surface area contributed by atoms with Crippen molar-refractivity contribution in [2.75, 3.05) is 37.0 Å². The zero-order valence-corrected chi connectivity index (χ0v) is 17.0. The van der Waals surface area contributed by atoms with Gasteiger partial charge in [-0.3, -0.25) is 9.59 Å². The summed E-state index contributed by atoms with van der Waals surface area (Å²) in [5, 5.41) is 3.38. The Kier molecular flexibility index (Phi) is 8.48. The highest BCUT2D eigenvalue weighted by molar-refractivity contribution is 8.00. The summed E-state index contributed by atoms with van der Waals surface area (Å²) >= 11 is 7.09. The summed E-state index contributed by atoms with van der Waals surface area (Å²) in [4.78, 5) is 25.6. The predicted octanol–water partition coefficient (Wildman–Crippen LogP) is 3.86. The molecule has 2 aromatic carbocycles. The molecule has 0 radical (unpaired) electrons. The second-order valence-corrected chi connectivity index (χ2v) is 7.40. The summed E-state index contributed by atoms with van der Waals surface area (Å²) in [5.74, 6) is 1.09. The minimum atomic E-state index is -0.152.